The highest BCUT2D eigenvalue weighted by molar-refractivity contribution is 5.38. The Morgan fingerprint density at radius 1 is 1.42 bits per heavy atom. The maximum Gasteiger partial charge on any atom is 0.0818 e. The van der Waals surface area contributed by atoms with Crippen LogP contribution in [0.25, 0.3) is 0 Å². The van der Waals surface area contributed by atoms with E-state index in [1.54, 1.807) is 18.3 Å². The van der Waals surface area contributed by atoms with Crippen LogP contribution in [0, 0.1) is 6.92 Å². The maximum atomic E-state index is 7.95. The first kappa shape index (κ1) is 10.9. The molecule has 0 saturated carbocycles. The van der Waals surface area contributed by atoms with Crippen LogP contribution in [-0.4, -0.2) is 10.2 Å². The molecule has 0 atom stereocenters. The highest BCUT2D eigenvalue weighted by Crippen LogP contribution is 2.03. The predicted octanol–water partition coefficient (Wildman–Crippen LogP) is 2.23. The monoisotopic (exact) mass is 170 g/mol. The summed E-state index contributed by atoms with van der Waals surface area (Å²) in [4.78, 5) is 7.62. The van der Waals surface area contributed by atoms with Gasteiger partial charge in [-0.05, 0) is 19.1 Å². The van der Waals surface area contributed by atoms with Crippen LogP contribution in [0.5, 0.6) is 0 Å². The lowest BCUT2D eigenvalue weighted by Crippen LogP contribution is -1.96. The zero-order valence-corrected chi connectivity index (χ0v) is 7.53. The Labute approximate surface area is 72.1 Å². The highest BCUT2D eigenvalue weighted by atomic mass is 17.2. The van der Waals surface area contributed by atoms with Gasteiger partial charge in [-0.1, -0.05) is 13.8 Å². The van der Waals surface area contributed by atoms with Gasteiger partial charge in [-0.3, -0.25) is 4.98 Å². The molecule has 0 saturated heterocycles. The number of rotatable bonds is 2. The van der Waals surface area contributed by atoms with Gasteiger partial charge in [-0.15, -0.1) is 4.99 Å². The smallest absolute Gasteiger partial charge is 0.0818 e. The molecule has 0 fully saturated rings. The van der Waals surface area contributed by atoms with E-state index in [0.717, 1.165) is 5.69 Å². The van der Waals surface area contributed by atoms with Crippen molar-refractivity contribution in [3.05, 3.63) is 24.0 Å². The molecular weight excluding hydrogens is 156 g/mol. The molecule has 2 N–H and O–H groups in total. The van der Waals surface area contributed by atoms with Gasteiger partial charge in [-0.2, -0.15) is 0 Å². The second-order valence-corrected chi connectivity index (χ2v) is 1.88. The molecule has 0 spiro atoms. The number of aryl methyl sites for hydroxylation is 1. The van der Waals surface area contributed by atoms with Crippen molar-refractivity contribution < 1.29 is 10.2 Å². The summed E-state index contributed by atoms with van der Waals surface area (Å²) < 4.78 is 0. The van der Waals surface area contributed by atoms with Gasteiger partial charge in [-0.25, -0.2) is 10.7 Å². The Balaban J connectivity index is 0.000000561. The molecule has 1 aromatic rings. The first-order valence-electron chi connectivity index (χ1n) is 3.82. The van der Waals surface area contributed by atoms with E-state index in [9.17, 15) is 0 Å². The topological polar surface area (TPSA) is 54.4 Å². The van der Waals surface area contributed by atoms with Crippen molar-refractivity contribution >= 4 is 5.69 Å². The van der Waals surface area contributed by atoms with Crippen LogP contribution in [0.3, 0.4) is 0 Å². The molecule has 0 aliphatic carbocycles. The summed E-state index contributed by atoms with van der Waals surface area (Å²) in [5, 5.41) is 7.95. The minimum Gasteiger partial charge on any atom is -0.259 e. The first-order valence-corrected chi connectivity index (χ1v) is 3.82. The minimum atomic E-state index is 0.619. The molecule has 68 valence electrons. The molecule has 12 heavy (non-hydrogen) atoms. The van der Waals surface area contributed by atoms with Gasteiger partial charge >= 0.3 is 0 Å². The zero-order chi connectivity index (χ0) is 9.40. The number of nitrogens with zero attached hydrogens (tertiary/aromatic N) is 1. The van der Waals surface area contributed by atoms with E-state index < -0.39 is 0 Å². The molecule has 1 rings (SSSR count). The van der Waals surface area contributed by atoms with Crippen LogP contribution in [0.1, 0.15) is 19.5 Å². The fraction of sp³-hybridized carbons (Fsp3) is 0.375. The molecule has 0 aliphatic rings. The number of nitrogens with one attached hydrogen (secondary N) is 1. The van der Waals surface area contributed by atoms with Crippen molar-refractivity contribution in [2.45, 2.75) is 20.8 Å². The molecule has 0 radical (unpaired) electrons. The predicted molar refractivity (Wildman–Crippen MR) is 47.7 cm³/mol. The van der Waals surface area contributed by atoms with Gasteiger partial charge in [0, 0.05) is 5.69 Å². The Morgan fingerprint density at radius 3 is 2.50 bits per heavy atom. The van der Waals surface area contributed by atoms with E-state index >= 15 is 0 Å². The quantitative estimate of drug-likeness (QED) is 0.528. The minimum absolute atomic E-state index is 0.619. The van der Waals surface area contributed by atoms with Crippen molar-refractivity contribution in [2.75, 3.05) is 5.48 Å². The van der Waals surface area contributed by atoms with Gasteiger partial charge in [0.05, 0.1) is 11.9 Å². The van der Waals surface area contributed by atoms with Crippen molar-refractivity contribution in [3.63, 3.8) is 0 Å². The summed E-state index contributed by atoms with van der Waals surface area (Å²) in [6.07, 6.45) is 1.56. The fourth-order valence-electron chi connectivity index (χ4n) is 0.581. The average molecular weight is 170 g/mol. The highest BCUT2D eigenvalue weighted by Gasteiger charge is 1.88. The normalized spacial score (nSPS) is 8.33. The lowest BCUT2D eigenvalue weighted by molar-refractivity contribution is -0.215. The van der Waals surface area contributed by atoms with E-state index in [1.807, 2.05) is 20.8 Å². The summed E-state index contributed by atoms with van der Waals surface area (Å²) in [6, 6.07) is 3.56. The summed E-state index contributed by atoms with van der Waals surface area (Å²) >= 11 is 0. The number of hydrogen-bond acceptors (Lipinski definition) is 4. The third-order valence-electron chi connectivity index (χ3n) is 1.07. The zero-order valence-electron chi connectivity index (χ0n) is 7.53. The molecule has 1 aromatic heterocycles. The second-order valence-electron chi connectivity index (χ2n) is 1.88. The molecule has 0 aromatic carbocycles. The number of aromatic nitrogens is 1. The van der Waals surface area contributed by atoms with Crippen LogP contribution in [0.4, 0.5) is 5.69 Å². The van der Waals surface area contributed by atoms with E-state index in [4.69, 9.17) is 5.26 Å². The number of pyridine rings is 1. The van der Waals surface area contributed by atoms with Gasteiger partial charge in [0.1, 0.15) is 0 Å². The standard InChI is InChI=1S/C6H8N2O2.C2H6/c1-5-2-3-6(4-7-5)8-10-9;1-2/h2-4,8-9H,1H3;1-2H3. The van der Waals surface area contributed by atoms with Crippen molar-refractivity contribution in [1.29, 1.82) is 0 Å². The second kappa shape index (κ2) is 6.57. The Morgan fingerprint density at radius 2 is 2.08 bits per heavy atom. The van der Waals surface area contributed by atoms with Crippen LogP contribution in [0.2, 0.25) is 0 Å². The molecule has 0 amide bonds. The Kier molecular flexibility index (Phi) is 5.95. The summed E-state index contributed by atoms with van der Waals surface area (Å²) in [5.41, 5.74) is 3.77. The first-order chi connectivity index (χ1) is 5.83. The van der Waals surface area contributed by atoms with Crippen molar-refractivity contribution in [2.24, 2.45) is 0 Å². The Bertz CT molecular complexity index is 199. The van der Waals surface area contributed by atoms with Crippen LogP contribution >= 0.6 is 0 Å². The van der Waals surface area contributed by atoms with E-state index in [-0.39, 0.29) is 0 Å². The SMILES string of the molecule is CC.Cc1ccc(NOO)cn1. The van der Waals surface area contributed by atoms with Gasteiger partial charge in [0.15, 0.2) is 0 Å². The van der Waals surface area contributed by atoms with Gasteiger partial charge < -0.3 is 0 Å². The van der Waals surface area contributed by atoms with Crippen molar-refractivity contribution in [3.8, 4) is 0 Å². The van der Waals surface area contributed by atoms with Gasteiger partial charge in [0.25, 0.3) is 0 Å². The molecular formula is C8H14N2O2. The molecule has 0 unspecified atom stereocenters. The third-order valence-corrected chi connectivity index (χ3v) is 1.07. The number of anilines is 1. The largest absolute Gasteiger partial charge is 0.259 e. The number of hydrogen-bond donors (Lipinski definition) is 2. The maximum absolute atomic E-state index is 7.95. The lowest BCUT2D eigenvalue weighted by atomic mass is 10.3. The van der Waals surface area contributed by atoms with Gasteiger partial charge in [0.2, 0.25) is 0 Å². The molecule has 0 bridgehead atoms. The van der Waals surface area contributed by atoms with E-state index in [2.05, 4.69) is 15.5 Å². The summed E-state index contributed by atoms with van der Waals surface area (Å²) in [7, 11) is 0. The Hall–Kier alpha value is -1.13. The lowest BCUT2D eigenvalue weighted by Gasteiger charge is -1.98. The van der Waals surface area contributed by atoms with Crippen LogP contribution in [0.15, 0.2) is 18.3 Å². The summed E-state index contributed by atoms with van der Waals surface area (Å²) in [5.74, 6) is 0. The molecule has 4 heteroatoms. The van der Waals surface area contributed by atoms with Crippen LogP contribution < -0.4 is 5.48 Å². The van der Waals surface area contributed by atoms with Crippen LogP contribution in [-0.2, 0) is 4.99 Å². The molecule has 4 nitrogen and oxygen atoms in total. The van der Waals surface area contributed by atoms with Crippen molar-refractivity contribution in [1.82, 2.24) is 4.98 Å². The third kappa shape index (κ3) is 3.90. The molecule has 1 heterocycles. The van der Waals surface area contributed by atoms with E-state index in [0.29, 0.717) is 5.69 Å². The fourth-order valence-corrected chi connectivity index (χ4v) is 0.581. The summed E-state index contributed by atoms with van der Waals surface area (Å²) in [6.45, 7) is 5.88. The molecule has 0 aliphatic heterocycles. The van der Waals surface area contributed by atoms with E-state index in [1.165, 1.54) is 0 Å². The average Bonchev–Trinajstić information content (AvgIpc) is 2.13.